The number of hydrogen-bond donors (Lipinski definition) is 1. The van der Waals surface area contributed by atoms with Crippen LogP contribution in [0.4, 0.5) is 4.39 Å². The third kappa shape index (κ3) is 4.29. The van der Waals surface area contributed by atoms with Crippen LogP contribution in [-0.4, -0.2) is 31.6 Å². The molecule has 5 nitrogen and oxygen atoms in total. The molecule has 0 radical (unpaired) electrons. The molecule has 0 spiro atoms. The van der Waals surface area contributed by atoms with E-state index in [-0.39, 0.29) is 11.6 Å². The molecule has 0 aliphatic heterocycles. The summed E-state index contributed by atoms with van der Waals surface area (Å²) in [6.45, 7) is 2.55. The Labute approximate surface area is 126 Å². The zero-order chi connectivity index (χ0) is 15.2. The van der Waals surface area contributed by atoms with Crippen molar-refractivity contribution >= 4 is 17.7 Å². The number of aryl methyl sites for hydroxylation is 1. The summed E-state index contributed by atoms with van der Waals surface area (Å²) in [4.78, 5) is 10.7. The molecule has 2 rings (SSSR count). The third-order valence-corrected chi connectivity index (χ3v) is 3.80. The number of carbonyl (C=O) groups is 1. The van der Waals surface area contributed by atoms with Gasteiger partial charge in [0.15, 0.2) is 5.16 Å². The van der Waals surface area contributed by atoms with Gasteiger partial charge in [0.1, 0.15) is 11.6 Å². The van der Waals surface area contributed by atoms with Crippen LogP contribution < -0.4 is 0 Å². The van der Waals surface area contributed by atoms with E-state index in [4.69, 9.17) is 5.11 Å². The first-order valence-electron chi connectivity index (χ1n) is 6.61. The number of thioether (sulfide) groups is 1. The Balaban J connectivity index is 2.22. The van der Waals surface area contributed by atoms with Crippen LogP contribution in [0.5, 0.6) is 0 Å². The monoisotopic (exact) mass is 309 g/mol. The topological polar surface area (TPSA) is 68.0 Å². The van der Waals surface area contributed by atoms with Crippen molar-refractivity contribution in [3.8, 4) is 0 Å². The lowest BCUT2D eigenvalue weighted by atomic mass is 10.2. The molecule has 0 aliphatic rings. The maximum Gasteiger partial charge on any atom is 0.313 e. The summed E-state index contributed by atoms with van der Waals surface area (Å²) in [6.07, 6.45) is 1.69. The fraction of sp³-hybridized carbons (Fsp3) is 0.357. The minimum atomic E-state index is -0.895. The highest BCUT2D eigenvalue weighted by Crippen LogP contribution is 2.19. The third-order valence-electron chi connectivity index (χ3n) is 2.85. The Morgan fingerprint density at radius 3 is 2.67 bits per heavy atom. The Morgan fingerprint density at radius 1 is 1.33 bits per heavy atom. The number of carboxylic acids is 1. The Hall–Kier alpha value is -1.89. The van der Waals surface area contributed by atoms with Gasteiger partial charge in [0.05, 0.1) is 12.3 Å². The second kappa shape index (κ2) is 7.21. The van der Waals surface area contributed by atoms with Crippen molar-refractivity contribution in [2.75, 3.05) is 5.75 Å². The summed E-state index contributed by atoms with van der Waals surface area (Å²) in [5.74, 6) is -0.423. The molecule has 2 aromatic rings. The lowest BCUT2D eigenvalue weighted by Crippen LogP contribution is -2.08. The minimum absolute atomic E-state index is 0.0618. The number of aliphatic carboxylic acids is 1. The lowest BCUT2D eigenvalue weighted by molar-refractivity contribution is -0.133. The van der Waals surface area contributed by atoms with E-state index in [0.29, 0.717) is 11.7 Å². The molecule has 0 saturated carbocycles. The van der Waals surface area contributed by atoms with E-state index < -0.39 is 5.97 Å². The molecule has 0 aliphatic carbocycles. The van der Waals surface area contributed by atoms with Gasteiger partial charge in [0.2, 0.25) is 0 Å². The predicted molar refractivity (Wildman–Crippen MR) is 77.9 cm³/mol. The molecular weight excluding hydrogens is 293 g/mol. The number of halogens is 1. The van der Waals surface area contributed by atoms with E-state index in [2.05, 4.69) is 10.2 Å². The van der Waals surface area contributed by atoms with Crippen molar-refractivity contribution in [3.63, 3.8) is 0 Å². The van der Waals surface area contributed by atoms with E-state index >= 15 is 0 Å². The van der Waals surface area contributed by atoms with Gasteiger partial charge in [-0.15, -0.1) is 10.2 Å². The zero-order valence-electron chi connectivity index (χ0n) is 11.6. The predicted octanol–water partition coefficient (Wildman–Crippen LogP) is 2.59. The van der Waals surface area contributed by atoms with Crippen molar-refractivity contribution in [1.29, 1.82) is 0 Å². The smallest absolute Gasteiger partial charge is 0.313 e. The van der Waals surface area contributed by atoms with Gasteiger partial charge in [-0.2, -0.15) is 0 Å². The van der Waals surface area contributed by atoms with E-state index in [0.717, 1.165) is 36.0 Å². The van der Waals surface area contributed by atoms with Gasteiger partial charge in [-0.05, 0) is 24.1 Å². The molecule has 21 heavy (non-hydrogen) atoms. The molecule has 0 fully saturated rings. The van der Waals surface area contributed by atoms with Crippen LogP contribution >= 0.6 is 11.8 Å². The summed E-state index contributed by atoms with van der Waals surface area (Å²) in [5, 5.41) is 17.5. The largest absolute Gasteiger partial charge is 0.481 e. The van der Waals surface area contributed by atoms with E-state index in [1.54, 1.807) is 12.1 Å². The number of benzene rings is 1. The van der Waals surface area contributed by atoms with Crippen LogP contribution in [0.3, 0.4) is 0 Å². The molecular formula is C14H16FN3O2S. The van der Waals surface area contributed by atoms with Crippen LogP contribution in [0, 0.1) is 5.82 Å². The van der Waals surface area contributed by atoms with Crippen LogP contribution in [-0.2, 0) is 17.8 Å². The van der Waals surface area contributed by atoms with Gasteiger partial charge in [0.25, 0.3) is 0 Å². The lowest BCUT2D eigenvalue weighted by Gasteiger charge is -2.09. The molecule has 1 aromatic carbocycles. The summed E-state index contributed by atoms with van der Waals surface area (Å²) < 4.78 is 14.8. The molecule has 0 bridgehead atoms. The highest BCUT2D eigenvalue weighted by atomic mass is 32.2. The van der Waals surface area contributed by atoms with Crippen LogP contribution in [0.2, 0.25) is 0 Å². The average Bonchev–Trinajstić information content (AvgIpc) is 2.82. The summed E-state index contributed by atoms with van der Waals surface area (Å²) in [7, 11) is 0. The van der Waals surface area contributed by atoms with Gasteiger partial charge in [0, 0.05) is 6.42 Å². The molecule has 7 heteroatoms. The van der Waals surface area contributed by atoms with Gasteiger partial charge in [-0.25, -0.2) is 4.39 Å². The van der Waals surface area contributed by atoms with E-state index in [1.165, 1.54) is 12.1 Å². The van der Waals surface area contributed by atoms with Crippen molar-refractivity contribution in [3.05, 3.63) is 41.5 Å². The summed E-state index contributed by atoms with van der Waals surface area (Å²) in [5.41, 5.74) is 0.922. The van der Waals surface area contributed by atoms with E-state index in [9.17, 15) is 9.18 Å². The number of aromatic nitrogens is 3. The van der Waals surface area contributed by atoms with Gasteiger partial charge < -0.3 is 9.67 Å². The molecule has 0 amide bonds. The second-order valence-corrected chi connectivity index (χ2v) is 5.49. The number of rotatable bonds is 7. The van der Waals surface area contributed by atoms with Crippen molar-refractivity contribution in [2.24, 2.45) is 0 Å². The molecule has 1 N–H and O–H groups in total. The fourth-order valence-electron chi connectivity index (χ4n) is 1.89. The van der Waals surface area contributed by atoms with Crippen molar-refractivity contribution in [2.45, 2.75) is 31.5 Å². The van der Waals surface area contributed by atoms with Crippen LogP contribution in [0.15, 0.2) is 29.4 Å². The number of nitrogens with zero attached hydrogens (tertiary/aromatic N) is 3. The van der Waals surface area contributed by atoms with Gasteiger partial charge in [-0.1, -0.05) is 30.8 Å². The highest BCUT2D eigenvalue weighted by molar-refractivity contribution is 7.99. The zero-order valence-corrected chi connectivity index (χ0v) is 12.4. The fourth-order valence-corrected chi connectivity index (χ4v) is 2.57. The van der Waals surface area contributed by atoms with Crippen LogP contribution in [0.1, 0.15) is 24.7 Å². The quantitative estimate of drug-likeness (QED) is 0.796. The van der Waals surface area contributed by atoms with Gasteiger partial charge >= 0.3 is 5.97 Å². The molecule has 0 atom stereocenters. The molecule has 0 saturated heterocycles. The first-order valence-corrected chi connectivity index (χ1v) is 7.59. The average molecular weight is 309 g/mol. The van der Waals surface area contributed by atoms with Crippen LogP contribution in [0.25, 0.3) is 0 Å². The molecule has 1 aromatic heterocycles. The maximum atomic E-state index is 13.0. The maximum absolute atomic E-state index is 13.0. The Bertz CT molecular complexity index is 613. The summed E-state index contributed by atoms with van der Waals surface area (Å²) >= 11 is 1.14. The number of hydrogen-bond acceptors (Lipinski definition) is 4. The van der Waals surface area contributed by atoms with Crippen molar-refractivity contribution < 1.29 is 14.3 Å². The Kier molecular flexibility index (Phi) is 5.32. The van der Waals surface area contributed by atoms with E-state index in [1.807, 2.05) is 11.5 Å². The normalized spacial score (nSPS) is 10.8. The highest BCUT2D eigenvalue weighted by Gasteiger charge is 2.13. The first-order chi connectivity index (χ1) is 10.1. The molecule has 1 heterocycles. The van der Waals surface area contributed by atoms with Gasteiger partial charge in [-0.3, -0.25) is 4.79 Å². The number of carboxylic acid groups (broad SMARTS) is 1. The summed E-state index contributed by atoms with van der Waals surface area (Å²) in [6, 6.07) is 6.22. The first kappa shape index (κ1) is 15.5. The molecule has 0 unspecified atom stereocenters. The molecule has 112 valence electrons. The minimum Gasteiger partial charge on any atom is -0.481 e. The SMILES string of the molecule is CCCc1nnc(SCC(=O)O)n1Cc1ccc(F)cc1. The standard InChI is InChI=1S/C14H16FN3O2S/c1-2-3-12-16-17-14(21-9-13(19)20)18(12)8-10-4-6-11(15)7-5-10/h4-7H,2-3,8-9H2,1H3,(H,19,20). The Morgan fingerprint density at radius 2 is 2.05 bits per heavy atom. The second-order valence-electron chi connectivity index (χ2n) is 4.54. The van der Waals surface area contributed by atoms with Crippen molar-refractivity contribution in [1.82, 2.24) is 14.8 Å².